The minimum atomic E-state index is -0.525. The second-order valence-electron chi connectivity index (χ2n) is 7.83. The third-order valence-corrected chi connectivity index (χ3v) is 5.60. The highest BCUT2D eigenvalue weighted by Gasteiger charge is 2.21. The molecule has 1 saturated heterocycles. The van der Waals surface area contributed by atoms with Crippen LogP contribution in [0, 0.1) is 5.92 Å². The van der Waals surface area contributed by atoms with Crippen molar-refractivity contribution >= 4 is 23.4 Å². The molecule has 1 N–H and O–H groups in total. The molecule has 2 atom stereocenters. The molecule has 2 unspecified atom stereocenters. The Balaban J connectivity index is 0.00000210. The average Bonchev–Trinajstić information content (AvgIpc) is 3.10. The van der Waals surface area contributed by atoms with E-state index in [2.05, 4.69) is 11.8 Å². The molecule has 0 bridgehead atoms. The molecule has 1 aromatic carbocycles. The number of fused-ring (bicyclic) bond motifs is 3. The van der Waals surface area contributed by atoms with E-state index in [4.69, 9.17) is 9.15 Å². The van der Waals surface area contributed by atoms with Crippen molar-refractivity contribution in [1.29, 1.82) is 0 Å². The highest BCUT2D eigenvalue weighted by atomic mass is 35.5. The molecule has 0 amide bonds. The first-order valence-corrected chi connectivity index (χ1v) is 9.72. The summed E-state index contributed by atoms with van der Waals surface area (Å²) in [6.07, 6.45) is 4.71. The number of benzene rings is 1. The van der Waals surface area contributed by atoms with E-state index in [9.17, 15) is 9.90 Å². The average molecular weight is 394 g/mol. The van der Waals surface area contributed by atoms with Gasteiger partial charge in [-0.05, 0) is 62.3 Å². The van der Waals surface area contributed by atoms with Crippen molar-refractivity contribution in [2.45, 2.75) is 45.1 Å². The number of halogens is 1. The smallest absolute Gasteiger partial charge is 0.339 e. The van der Waals surface area contributed by atoms with Crippen LogP contribution in [-0.4, -0.2) is 42.4 Å². The molecule has 148 valence electrons. The number of hydrogen-bond donors (Lipinski definition) is 1. The molecule has 6 heteroatoms. The topological polar surface area (TPSA) is 62.9 Å². The zero-order valence-electron chi connectivity index (χ0n) is 15.8. The van der Waals surface area contributed by atoms with Crippen LogP contribution < -0.4 is 10.4 Å². The Hall–Kier alpha value is -1.56. The van der Waals surface area contributed by atoms with E-state index in [1.165, 1.54) is 12.8 Å². The summed E-state index contributed by atoms with van der Waals surface area (Å²) in [6, 6.07) is 5.64. The number of likely N-dealkylation sites (tertiary alicyclic amines) is 1. The predicted molar refractivity (Wildman–Crippen MR) is 108 cm³/mol. The molecular weight excluding hydrogens is 366 g/mol. The maximum atomic E-state index is 12.1. The largest absolute Gasteiger partial charge is 0.491 e. The summed E-state index contributed by atoms with van der Waals surface area (Å²) in [5.41, 5.74) is 2.31. The van der Waals surface area contributed by atoms with Gasteiger partial charge >= 0.3 is 5.63 Å². The Labute approximate surface area is 165 Å². The number of β-amino-alcohol motifs (C(OH)–C–C–N with tert-alkyl or cyclic N) is 1. The first-order chi connectivity index (χ1) is 12.6. The van der Waals surface area contributed by atoms with Crippen molar-refractivity contribution in [2.75, 3.05) is 26.2 Å². The third-order valence-electron chi connectivity index (χ3n) is 5.60. The number of aryl methyl sites for hydroxylation is 1. The third kappa shape index (κ3) is 4.48. The minimum absolute atomic E-state index is 0. The molecule has 5 nitrogen and oxygen atoms in total. The highest BCUT2D eigenvalue weighted by Crippen LogP contribution is 2.29. The van der Waals surface area contributed by atoms with Gasteiger partial charge in [0.1, 0.15) is 24.0 Å². The van der Waals surface area contributed by atoms with E-state index in [-0.39, 0.29) is 24.6 Å². The number of aliphatic hydroxyl groups is 1. The Bertz CT molecular complexity index is 850. The number of ether oxygens (including phenoxy) is 1. The lowest BCUT2D eigenvalue weighted by Crippen LogP contribution is -2.41. The Morgan fingerprint density at radius 1 is 1.30 bits per heavy atom. The fraction of sp³-hybridized carbons (Fsp3) is 0.571. The van der Waals surface area contributed by atoms with E-state index < -0.39 is 6.10 Å². The van der Waals surface area contributed by atoms with Gasteiger partial charge in [0.25, 0.3) is 0 Å². The summed E-state index contributed by atoms with van der Waals surface area (Å²) < 4.78 is 11.2. The van der Waals surface area contributed by atoms with Crippen molar-refractivity contribution in [3.8, 4) is 5.75 Å². The normalized spacial score (nSPS) is 20.9. The molecule has 2 aliphatic rings. The SMILES string of the molecule is CC1CCCN(CC(O)COc2ccc3c4c(c(=O)oc3c2)CCC4)C1.Cl. The van der Waals surface area contributed by atoms with Crippen molar-refractivity contribution < 1.29 is 14.3 Å². The Morgan fingerprint density at radius 3 is 2.93 bits per heavy atom. The molecule has 4 rings (SSSR count). The molecule has 1 aromatic heterocycles. The molecule has 1 aliphatic carbocycles. The quantitative estimate of drug-likeness (QED) is 0.790. The Kier molecular flexibility index (Phi) is 6.45. The Morgan fingerprint density at radius 2 is 2.11 bits per heavy atom. The summed E-state index contributed by atoms with van der Waals surface area (Å²) in [5.74, 6) is 1.33. The van der Waals surface area contributed by atoms with E-state index in [1.54, 1.807) is 6.07 Å². The number of nitrogens with zero attached hydrogens (tertiary/aromatic N) is 1. The standard InChI is InChI=1S/C21H27NO4.ClH/c1-14-4-3-9-22(11-14)12-15(23)13-25-16-7-8-18-17-5-2-6-19(17)21(24)26-20(18)10-16;/h7-8,10,14-15,23H,2-6,9,11-13H2,1H3;1H. The molecule has 0 spiro atoms. The van der Waals surface area contributed by atoms with Crippen LogP contribution in [0.4, 0.5) is 0 Å². The van der Waals surface area contributed by atoms with E-state index in [1.807, 2.05) is 12.1 Å². The van der Waals surface area contributed by atoms with Crippen molar-refractivity contribution in [2.24, 2.45) is 5.92 Å². The maximum Gasteiger partial charge on any atom is 0.339 e. The zero-order chi connectivity index (χ0) is 18.1. The van der Waals surface area contributed by atoms with Crippen LogP contribution in [0.3, 0.4) is 0 Å². The second-order valence-corrected chi connectivity index (χ2v) is 7.83. The minimum Gasteiger partial charge on any atom is -0.491 e. The van der Waals surface area contributed by atoms with Crippen LogP contribution in [0.5, 0.6) is 5.75 Å². The number of hydrogen-bond acceptors (Lipinski definition) is 5. The fourth-order valence-electron chi connectivity index (χ4n) is 4.35. The molecular formula is C21H28ClNO4. The molecule has 0 radical (unpaired) electrons. The molecule has 27 heavy (non-hydrogen) atoms. The lowest BCUT2D eigenvalue weighted by molar-refractivity contribution is 0.0537. The second kappa shape index (κ2) is 8.63. The van der Waals surface area contributed by atoms with Gasteiger partial charge in [-0.2, -0.15) is 0 Å². The first kappa shape index (κ1) is 20.2. The van der Waals surface area contributed by atoms with Gasteiger partial charge in [0, 0.05) is 30.1 Å². The number of rotatable bonds is 5. The molecule has 2 aromatic rings. The lowest BCUT2D eigenvalue weighted by Gasteiger charge is -2.32. The van der Waals surface area contributed by atoms with Crippen LogP contribution in [0.2, 0.25) is 0 Å². The number of piperidine rings is 1. The summed E-state index contributed by atoms with van der Waals surface area (Å²) in [5, 5.41) is 11.3. The summed E-state index contributed by atoms with van der Waals surface area (Å²) in [6.45, 7) is 5.23. The lowest BCUT2D eigenvalue weighted by atomic mass is 10.0. The van der Waals surface area contributed by atoms with Gasteiger partial charge in [-0.25, -0.2) is 4.79 Å². The summed E-state index contributed by atoms with van der Waals surface area (Å²) >= 11 is 0. The van der Waals surface area contributed by atoms with Gasteiger partial charge in [0.2, 0.25) is 0 Å². The van der Waals surface area contributed by atoms with Crippen LogP contribution in [0.15, 0.2) is 27.4 Å². The fourth-order valence-corrected chi connectivity index (χ4v) is 4.35. The molecule has 0 saturated carbocycles. The number of aliphatic hydroxyl groups excluding tert-OH is 1. The molecule has 1 fully saturated rings. The van der Waals surface area contributed by atoms with Crippen molar-refractivity contribution in [3.05, 3.63) is 39.7 Å². The van der Waals surface area contributed by atoms with E-state index >= 15 is 0 Å². The van der Waals surface area contributed by atoms with Crippen molar-refractivity contribution in [3.63, 3.8) is 0 Å². The van der Waals surface area contributed by atoms with Gasteiger partial charge in [-0.15, -0.1) is 12.4 Å². The van der Waals surface area contributed by atoms with Crippen molar-refractivity contribution in [1.82, 2.24) is 4.90 Å². The van der Waals surface area contributed by atoms with E-state index in [0.717, 1.165) is 48.9 Å². The van der Waals surface area contributed by atoms with Crippen LogP contribution in [-0.2, 0) is 12.8 Å². The molecule has 1 aliphatic heterocycles. The van der Waals surface area contributed by atoms with Gasteiger partial charge in [0.15, 0.2) is 0 Å². The van der Waals surface area contributed by atoms with Crippen LogP contribution in [0.25, 0.3) is 11.0 Å². The van der Waals surface area contributed by atoms with Gasteiger partial charge in [-0.1, -0.05) is 6.92 Å². The molecule has 2 heterocycles. The monoisotopic (exact) mass is 393 g/mol. The van der Waals surface area contributed by atoms with E-state index in [0.29, 0.717) is 23.8 Å². The van der Waals surface area contributed by atoms with Gasteiger partial charge in [0.05, 0.1) is 0 Å². The van der Waals surface area contributed by atoms with Gasteiger partial charge in [-0.3, -0.25) is 0 Å². The predicted octanol–water partition coefficient (Wildman–Crippen LogP) is 3.18. The van der Waals surface area contributed by atoms with Crippen LogP contribution in [0.1, 0.15) is 37.3 Å². The summed E-state index contributed by atoms with van der Waals surface area (Å²) in [7, 11) is 0. The van der Waals surface area contributed by atoms with Crippen LogP contribution >= 0.6 is 12.4 Å². The van der Waals surface area contributed by atoms with Gasteiger partial charge < -0.3 is 19.2 Å². The summed E-state index contributed by atoms with van der Waals surface area (Å²) in [4.78, 5) is 14.4. The maximum absolute atomic E-state index is 12.1. The first-order valence-electron chi connectivity index (χ1n) is 9.72. The highest BCUT2D eigenvalue weighted by molar-refractivity contribution is 5.85. The zero-order valence-corrected chi connectivity index (χ0v) is 16.6.